The van der Waals surface area contributed by atoms with Gasteiger partial charge in [0.05, 0.1) is 6.54 Å². The first-order valence-electron chi connectivity index (χ1n) is 5.23. The molecule has 17 heavy (non-hydrogen) atoms. The summed E-state index contributed by atoms with van der Waals surface area (Å²) in [6.07, 6.45) is 0. The van der Waals surface area contributed by atoms with E-state index in [0.717, 1.165) is 5.56 Å². The van der Waals surface area contributed by atoms with Gasteiger partial charge in [0.2, 0.25) is 5.91 Å². The van der Waals surface area contributed by atoms with E-state index in [0.29, 0.717) is 11.4 Å². The van der Waals surface area contributed by atoms with E-state index in [4.69, 9.17) is 10.8 Å². The number of carboxylic acid groups (broad SMARTS) is 1. The van der Waals surface area contributed by atoms with Crippen molar-refractivity contribution < 1.29 is 14.7 Å². The molecule has 0 aliphatic heterocycles. The van der Waals surface area contributed by atoms with Gasteiger partial charge in [0.25, 0.3) is 0 Å². The molecule has 1 amide bonds. The predicted octanol–water partition coefficient (Wildman–Crippen LogP) is 1.14. The summed E-state index contributed by atoms with van der Waals surface area (Å²) in [4.78, 5) is 24.0. The Morgan fingerprint density at radius 1 is 1.53 bits per heavy atom. The van der Waals surface area contributed by atoms with Crippen LogP contribution in [0.5, 0.6) is 0 Å². The molecule has 0 saturated carbocycles. The summed E-state index contributed by atoms with van der Waals surface area (Å²) in [6.45, 7) is 4.43. The molecule has 6 heteroatoms. The number of thiophene rings is 1. The van der Waals surface area contributed by atoms with Crippen molar-refractivity contribution in [1.82, 2.24) is 4.90 Å². The summed E-state index contributed by atoms with van der Waals surface area (Å²) in [6, 6.07) is 1.90. The minimum Gasteiger partial charge on any atom is -0.477 e. The standard InChI is InChI=1S/C11H16N2O3S/c1-7(2)13(6-9(12)14)5-8-3-4-17-10(8)11(15)16/h3-4,7H,5-6H2,1-2H3,(H2,12,14)(H,15,16). The van der Waals surface area contributed by atoms with Crippen molar-refractivity contribution in [2.45, 2.75) is 26.4 Å². The molecule has 94 valence electrons. The number of hydrogen-bond donors (Lipinski definition) is 2. The Balaban J connectivity index is 2.82. The zero-order chi connectivity index (χ0) is 13.0. The van der Waals surface area contributed by atoms with Crippen molar-refractivity contribution >= 4 is 23.2 Å². The highest BCUT2D eigenvalue weighted by molar-refractivity contribution is 7.12. The van der Waals surface area contributed by atoms with Gasteiger partial charge < -0.3 is 10.8 Å². The molecule has 0 atom stereocenters. The molecular formula is C11H16N2O3S. The third-order valence-electron chi connectivity index (χ3n) is 2.40. The van der Waals surface area contributed by atoms with Crippen LogP contribution in [0.1, 0.15) is 29.1 Å². The summed E-state index contributed by atoms with van der Waals surface area (Å²) in [5, 5.41) is 10.7. The highest BCUT2D eigenvalue weighted by atomic mass is 32.1. The van der Waals surface area contributed by atoms with E-state index in [1.165, 1.54) is 11.3 Å². The van der Waals surface area contributed by atoms with Gasteiger partial charge in [-0.25, -0.2) is 4.79 Å². The maximum atomic E-state index is 11.0. The van der Waals surface area contributed by atoms with Crippen LogP contribution in [0.3, 0.4) is 0 Å². The number of amides is 1. The molecule has 1 rings (SSSR count). The van der Waals surface area contributed by atoms with E-state index in [1.807, 2.05) is 18.7 Å². The Morgan fingerprint density at radius 2 is 2.18 bits per heavy atom. The molecule has 0 bridgehead atoms. The fourth-order valence-electron chi connectivity index (χ4n) is 1.49. The first kappa shape index (κ1) is 13.7. The second kappa shape index (κ2) is 5.79. The zero-order valence-electron chi connectivity index (χ0n) is 9.84. The number of carboxylic acids is 1. The number of nitrogens with zero attached hydrogens (tertiary/aromatic N) is 1. The second-order valence-corrected chi connectivity index (χ2v) is 4.96. The summed E-state index contributed by atoms with van der Waals surface area (Å²) in [7, 11) is 0. The number of carbonyl (C=O) groups excluding carboxylic acids is 1. The third-order valence-corrected chi connectivity index (χ3v) is 3.35. The molecule has 0 aliphatic carbocycles. The fourth-order valence-corrected chi connectivity index (χ4v) is 2.24. The SMILES string of the molecule is CC(C)N(CC(N)=O)Cc1ccsc1C(=O)O. The average molecular weight is 256 g/mol. The molecule has 5 nitrogen and oxygen atoms in total. The predicted molar refractivity (Wildman–Crippen MR) is 66.0 cm³/mol. The average Bonchev–Trinajstić information content (AvgIpc) is 2.63. The molecule has 1 aromatic rings. The summed E-state index contributed by atoms with van der Waals surface area (Å²) in [5.41, 5.74) is 5.88. The van der Waals surface area contributed by atoms with Crippen LogP contribution in [-0.2, 0) is 11.3 Å². The highest BCUT2D eigenvalue weighted by Gasteiger charge is 2.17. The van der Waals surface area contributed by atoms with Gasteiger partial charge >= 0.3 is 5.97 Å². The van der Waals surface area contributed by atoms with Gasteiger partial charge in [-0.15, -0.1) is 11.3 Å². The van der Waals surface area contributed by atoms with Crippen molar-refractivity contribution in [3.05, 3.63) is 21.9 Å². The largest absolute Gasteiger partial charge is 0.477 e. The van der Waals surface area contributed by atoms with Crippen molar-refractivity contribution in [1.29, 1.82) is 0 Å². The summed E-state index contributed by atoms with van der Waals surface area (Å²) >= 11 is 1.19. The quantitative estimate of drug-likeness (QED) is 0.799. The lowest BCUT2D eigenvalue weighted by Gasteiger charge is -2.24. The smallest absolute Gasteiger partial charge is 0.346 e. The Bertz CT molecular complexity index is 415. The normalized spacial score (nSPS) is 11.1. The van der Waals surface area contributed by atoms with E-state index < -0.39 is 11.9 Å². The Hall–Kier alpha value is -1.40. The number of nitrogens with two attached hydrogens (primary N) is 1. The van der Waals surface area contributed by atoms with Crippen LogP contribution in [0.4, 0.5) is 0 Å². The second-order valence-electron chi connectivity index (χ2n) is 4.05. The monoisotopic (exact) mass is 256 g/mol. The van der Waals surface area contributed by atoms with Crippen LogP contribution in [0, 0.1) is 0 Å². The third kappa shape index (κ3) is 3.83. The van der Waals surface area contributed by atoms with Gasteiger partial charge in [0.1, 0.15) is 4.88 Å². The first-order valence-corrected chi connectivity index (χ1v) is 6.11. The summed E-state index contributed by atoms with van der Waals surface area (Å²) < 4.78 is 0. The van der Waals surface area contributed by atoms with E-state index in [-0.39, 0.29) is 12.6 Å². The minimum atomic E-state index is -0.933. The molecule has 1 aromatic heterocycles. The topological polar surface area (TPSA) is 83.6 Å². The summed E-state index contributed by atoms with van der Waals surface area (Å²) in [5.74, 6) is -1.34. The highest BCUT2D eigenvalue weighted by Crippen LogP contribution is 2.19. The van der Waals surface area contributed by atoms with Crippen LogP contribution < -0.4 is 5.73 Å². The van der Waals surface area contributed by atoms with E-state index in [1.54, 1.807) is 11.4 Å². The van der Waals surface area contributed by atoms with Crippen LogP contribution in [0.25, 0.3) is 0 Å². The van der Waals surface area contributed by atoms with E-state index in [2.05, 4.69) is 0 Å². The lowest BCUT2D eigenvalue weighted by atomic mass is 10.2. The van der Waals surface area contributed by atoms with Crippen molar-refractivity contribution in [3.63, 3.8) is 0 Å². The lowest BCUT2D eigenvalue weighted by Crippen LogP contribution is -2.38. The Kier molecular flexibility index (Phi) is 4.65. The van der Waals surface area contributed by atoms with Crippen LogP contribution in [0.15, 0.2) is 11.4 Å². The van der Waals surface area contributed by atoms with Crippen molar-refractivity contribution in [2.75, 3.05) is 6.54 Å². The number of aromatic carboxylic acids is 1. The Morgan fingerprint density at radius 3 is 2.65 bits per heavy atom. The van der Waals surface area contributed by atoms with Crippen molar-refractivity contribution in [3.8, 4) is 0 Å². The number of rotatable bonds is 6. The molecule has 0 fully saturated rings. The molecule has 0 saturated heterocycles. The number of hydrogen-bond acceptors (Lipinski definition) is 4. The number of carbonyl (C=O) groups is 2. The van der Waals surface area contributed by atoms with Gasteiger partial charge in [-0.05, 0) is 30.9 Å². The van der Waals surface area contributed by atoms with Crippen molar-refractivity contribution in [2.24, 2.45) is 5.73 Å². The Labute approximate surface area is 104 Å². The fraction of sp³-hybridized carbons (Fsp3) is 0.455. The minimum absolute atomic E-state index is 0.129. The lowest BCUT2D eigenvalue weighted by molar-refractivity contribution is -0.119. The van der Waals surface area contributed by atoms with Crippen LogP contribution >= 0.6 is 11.3 Å². The zero-order valence-corrected chi connectivity index (χ0v) is 10.7. The maximum Gasteiger partial charge on any atom is 0.346 e. The van der Waals surface area contributed by atoms with Gasteiger partial charge in [-0.1, -0.05) is 0 Å². The van der Waals surface area contributed by atoms with Gasteiger partial charge in [-0.3, -0.25) is 9.69 Å². The van der Waals surface area contributed by atoms with E-state index in [9.17, 15) is 9.59 Å². The van der Waals surface area contributed by atoms with Gasteiger partial charge in [-0.2, -0.15) is 0 Å². The van der Waals surface area contributed by atoms with E-state index >= 15 is 0 Å². The van der Waals surface area contributed by atoms with Crippen LogP contribution in [0.2, 0.25) is 0 Å². The number of primary amides is 1. The molecular weight excluding hydrogens is 240 g/mol. The molecule has 1 heterocycles. The van der Waals surface area contributed by atoms with Gasteiger partial charge in [0, 0.05) is 12.6 Å². The molecule has 0 aromatic carbocycles. The molecule has 0 aliphatic rings. The first-order chi connectivity index (χ1) is 7.91. The maximum absolute atomic E-state index is 11.0. The molecule has 0 spiro atoms. The molecule has 3 N–H and O–H groups in total. The van der Waals surface area contributed by atoms with Gasteiger partial charge in [0.15, 0.2) is 0 Å². The molecule has 0 unspecified atom stereocenters. The van der Waals surface area contributed by atoms with Crippen LogP contribution in [-0.4, -0.2) is 34.5 Å². The molecule has 0 radical (unpaired) electrons.